The van der Waals surface area contributed by atoms with Crippen molar-refractivity contribution < 1.29 is 0 Å². The van der Waals surface area contributed by atoms with Crippen LogP contribution >= 0.6 is 0 Å². The van der Waals surface area contributed by atoms with E-state index in [1.807, 2.05) is 42.5 Å². The highest BCUT2D eigenvalue weighted by atomic mass is 15.4. The van der Waals surface area contributed by atoms with Crippen molar-refractivity contribution in [3.63, 3.8) is 0 Å². The fraction of sp³-hybridized carbons (Fsp3) is 0.111. The van der Waals surface area contributed by atoms with Gasteiger partial charge in [0.15, 0.2) is 17.0 Å². The molecule has 0 saturated carbocycles. The molecular weight excluding hydrogens is 314 g/mol. The molecule has 124 valence electrons. The number of nitrogens with two attached hydrogens (primary N) is 1. The van der Waals surface area contributed by atoms with Crippen LogP contribution in [0.15, 0.2) is 60.9 Å². The molecule has 4 aromatic rings. The zero-order valence-electron chi connectivity index (χ0n) is 13.5. The van der Waals surface area contributed by atoms with Gasteiger partial charge in [-0.05, 0) is 36.2 Å². The van der Waals surface area contributed by atoms with Gasteiger partial charge >= 0.3 is 0 Å². The predicted molar refractivity (Wildman–Crippen MR) is 97.4 cm³/mol. The van der Waals surface area contributed by atoms with E-state index in [2.05, 4.69) is 37.7 Å². The normalized spacial score (nSPS) is 10.9. The van der Waals surface area contributed by atoms with Crippen molar-refractivity contribution in [3.05, 3.63) is 66.5 Å². The molecule has 0 radical (unpaired) electrons. The first kappa shape index (κ1) is 15.1. The number of hydrogen-bond donors (Lipinski definition) is 2. The minimum absolute atomic E-state index is 0.626. The van der Waals surface area contributed by atoms with Crippen molar-refractivity contribution in [2.45, 2.75) is 13.0 Å². The van der Waals surface area contributed by atoms with Crippen LogP contribution in [0.3, 0.4) is 0 Å². The lowest BCUT2D eigenvalue weighted by atomic mass is 10.1. The molecule has 0 aliphatic carbocycles. The van der Waals surface area contributed by atoms with E-state index in [0.717, 1.165) is 12.1 Å². The van der Waals surface area contributed by atoms with E-state index in [0.29, 0.717) is 29.2 Å². The van der Waals surface area contributed by atoms with E-state index < -0.39 is 0 Å². The SMILES string of the molecule is Nc1ccc(Nc2ncnc3c2nnn3CCc2ccccc2)cc1. The Morgan fingerprint density at radius 2 is 1.76 bits per heavy atom. The Hall–Kier alpha value is -3.48. The maximum atomic E-state index is 5.72. The van der Waals surface area contributed by atoms with Gasteiger partial charge in [-0.2, -0.15) is 0 Å². The Kier molecular flexibility index (Phi) is 3.96. The van der Waals surface area contributed by atoms with E-state index in [-0.39, 0.29) is 0 Å². The fourth-order valence-electron chi connectivity index (χ4n) is 2.62. The average Bonchev–Trinajstić information content (AvgIpc) is 3.07. The number of nitrogens with zero attached hydrogens (tertiary/aromatic N) is 5. The third-order valence-corrected chi connectivity index (χ3v) is 3.93. The molecule has 0 unspecified atom stereocenters. The van der Waals surface area contributed by atoms with Gasteiger partial charge in [-0.1, -0.05) is 35.5 Å². The highest BCUT2D eigenvalue weighted by Gasteiger charge is 2.12. The number of benzene rings is 2. The van der Waals surface area contributed by atoms with Crippen LogP contribution in [-0.2, 0) is 13.0 Å². The summed E-state index contributed by atoms with van der Waals surface area (Å²) in [4.78, 5) is 8.62. The second-order valence-corrected chi connectivity index (χ2v) is 5.69. The first-order chi connectivity index (χ1) is 12.3. The van der Waals surface area contributed by atoms with Gasteiger partial charge in [-0.15, -0.1) is 5.10 Å². The second kappa shape index (κ2) is 6.56. The Labute approximate surface area is 144 Å². The van der Waals surface area contributed by atoms with Gasteiger partial charge in [0.1, 0.15) is 6.33 Å². The molecule has 3 N–H and O–H groups in total. The van der Waals surface area contributed by atoms with E-state index in [4.69, 9.17) is 5.73 Å². The number of nitrogens with one attached hydrogen (secondary N) is 1. The molecular formula is C18H17N7. The standard InChI is InChI=1S/C18H17N7/c19-14-6-8-15(9-7-14)22-17-16-18(21-12-20-17)25(24-23-16)11-10-13-4-2-1-3-5-13/h1-9,12H,10-11,19H2,(H,20,21,22). The molecule has 0 amide bonds. The number of fused-ring (bicyclic) bond motifs is 1. The van der Waals surface area contributed by atoms with Crippen LogP contribution in [0.2, 0.25) is 0 Å². The Balaban J connectivity index is 1.58. The maximum absolute atomic E-state index is 5.72. The van der Waals surface area contributed by atoms with Gasteiger partial charge in [0.05, 0.1) is 0 Å². The largest absolute Gasteiger partial charge is 0.399 e. The topological polar surface area (TPSA) is 94.5 Å². The zero-order chi connectivity index (χ0) is 17.1. The summed E-state index contributed by atoms with van der Waals surface area (Å²) in [5, 5.41) is 11.7. The lowest BCUT2D eigenvalue weighted by Crippen LogP contribution is -2.04. The van der Waals surface area contributed by atoms with E-state index in [1.54, 1.807) is 4.68 Å². The van der Waals surface area contributed by atoms with Crippen LogP contribution in [0.4, 0.5) is 17.2 Å². The average molecular weight is 331 g/mol. The minimum Gasteiger partial charge on any atom is -0.399 e. The summed E-state index contributed by atoms with van der Waals surface area (Å²) in [5.41, 5.74) is 9.92. The van der Waals surface area contributed by atoms with E-state index in [9.17, 15) is 0 Å². The van der Waals surface area contributed by atoms with Crippen LogP contribution < -0.4 is 11.1 Å². The van der Waals surface area contributed by atoms with Crippen LogP contribution in [0.1, 0.15) is 5.56 Å². The summed E-state index contributed by atoms with van der Waals surface area (Å²) in [6, 6.07) is 17.7. The summed E-state index contributed by atoms with van der Waals surface area (Å²) >= 11 is 0. The molecule has 25 heavy (non-hydrogen) atoms. The molecule has 0 aliphatic heterocycles. The van der Waals surface area contributed by atoms with Crippen LogP contribution in [0.25, 0.3) is 11.2 Å². The molecule has 7 heteroatoms. The Morgan fingerprint density at radius 3 is 2.56 bits per heavy atom. The Bertz CT molecular complexity index is 977. The molecule has 4 rings (SSSR count). The molecule has 0 saturated heterocycles. The number of rotatable bonds is 5. The van der Waals surface area contributed by atoms with Crippen molar-refractivity contribution in [2.75, 3.05) is 11.1 Å². The van der Waals surface area contributed by atoms with Crippen molar-refractivity contribution in [3.8, 4) is 0 Å². The summed E-state index contributed by atoms with van der Waals surface area (Å²) in [6.45, 7) is 0.707. The lowest BCUT2D eigenvalue weighted by molar-refractivity contribution is 0.602. The number of aromatic nitrogens is 5. The van der Waals surface area contributed by atoms with E-state index in [1.165, 1.54) is 11.9 Å². The molecule has 0 atom stereocenters. The van der Waals surface area contributed by atoms with Crippen molar-refractivity contribution in [1.82, 2.24) is 25.0 Å². The third-order valence-electron chi connectivity index (χ3n) is 3.93. The minimum atomic E-state index is 0.626. The first-order valence-corrected chi connectivity index (χ1v) is 8.00. The van der Waals surface area contributed by atoms with Gasteiger partial charge in [0, 0.05) is 17.9 Å². The van der Waals surface area contributed by atoms with Crippen LogP contribution in [0.5, 0.6) is 0 Å². The molecule has 0 aliphatic rings. The van der Waals surface area contributed by atoms with Gasteiger partial charge < -0.3 is 11.1 Å². The molecule has 2 heterocycles. The molecule has 2 aromatic heterocycles. The molecule has 0 bridgehead atoms. The van der Waals surface area contributed by atoms with Crippen molar-refractivity contribution in [1.29, 1.82) is 0 Å². The fourth-order valence-corrected chi connectivity index (χ4v) is 2.62. The summed E-state index contributed by atoms with van der Waals surface area (Å²) in [5.74, 6) is 0.626. The van der Waals surface area contributed by atoms with Crippen LogP contribution in [-0.4, -0.2) is 25.0 Å². The number of anilines is 3. The number of hydrogen-bond acceptors (Lipinski definition) is 6. The third kappa shape index (κ3) is 3.25. The highest BCUT2D eigenvalue weighted by Crippen LogP contribution is 2.21. The number of aryl methyl sites for hydroxylation is 2. The quantitative estimate of drug-likeness (QED) is 0.546. The summed E-state index contributed by atoms with van der Waals surface area (Å²) in [7, 11) is 0. The lowest BCUT2D eigenvalue weighted by Gasteiger charge is -2.06. The second-order valence-electron chi connectivity index (χ2n) is 5.69. The van der Waals surface area contributed by atoms with Crippen LogP contribution in [0, 0.1) is 0 Å². The van der Waals surface area contributed by atoms with Gasteiger partial charge in [0.2, 0.25) is 0 Å². The monoisotopic (exact) mass is 331 g/mol. The zero-order valence-corrected chi connectivity index (χ0v) is 13.5. The molecule has 0 fully saturated rings. The molecule has 2 aromatic carbocycles. The van der Waals surface area contributed by atoms with Crippen molar-refractivity contribution >= 4 is 28.4 Å². The van der Waals surface area contributed by atoms with Gasteiger partial charge in [0.25, 0.3) is 0 Å². The predicted octanol–water partition coefficient (Wildman–Crippen LogP) is 2.79. The molecule has 0 spiro atoms. The molecule has 7 nitrogen and oxygen atoms in total. The maximum Gasteiger partial charge on any atom is 0.183 e. The van der Waals surface area contributed by atoms with E-state index >= 15 is 0 Å². The Morgan fingerprint density at radius 1 is 0.960 bits per heavy atom. The van der Waals surface area contributed by atoms with Crippen molar-refractivity contribution in [2.24, 2.45) is 0 Å². The highest BCUT2D eigenvalue weighted by molar-refractivity contribution is 5.84. The van der Waals surface area contributed by atoms with Gasteiger partial charge in [-0.25, -0.2) is 14.6 Å². The number of nitrogen functional groups attached to an aromatic ring is 1. The summed E-state index contributed by atoms with van der Waals surface area (Å²) in [6.07, 6.45) is 2.38. The summed E-state index contributed by atoms with van der Waals surface area (Å²) < 4.78 is 1.80. The smallest absolute Gasteiger partial charge is 0.183 e. The first-order valence-electron chi connectivity index (χ1n) is 8.00. The van der Waals surface area contributed by atoms with Gasteiger partial charge in [-0.3, -0.25) is 0 Å².